The van der Waals surface area contributed by atoms with Crippen molar-refractivity contribution in [2.45, 2.75) is 103 Å². The van der Waals surface area contributed by atoms with E-state index < -0.39 is 0 Å². The fourth-order valence-electron chi connectivity index (χ4n) is 3.33. The summed E-state index contributed by atoms with van der Waals surface area (Å²) in [5, 5.41) is 3.45. The lowest BCUT2D eigenvalue weighted by Gasteiger charge is -2.22. The minimum atomic E-state index is 0.689. The van der Waals surface area contributed by atoms with Gasteiger partial charge in [-0.1, -0.05) is 71.1 Å². The summed E-state index contributed by atoms with van der Waals surface area (Å²) in [5.41, 5.74) is 0.689. The largest absolute Gasteiger partial charge is 0.317 e. The van der Waals surface area contributed by atoms with Crippen molar-refractivity contribution in [3.8, 4) is 0 Å². The van der Waals surface area contributed by atoms with Gasteiger partial charge in [0.15, 0.2) is 0 Å². The standard InChI is InChI=1S/C18H37N/c1-4-5-6-7-8-9-10-11-12-13-14-18(15-16-18)17(2)19-3/h17,19H,4-16H2,1-3H3. The van der Waals surface area contributed by atoms with Crippen LogP contribution in [0.3, 0.4) is 0 Å². The van der Waals surface area contributed by atoms with Crippen molar-refractivity contribution >= 4 is 0 Å². The summed E-state index contributed by atoms with van der Waals surface area (Å²) in [6.07, 6.45) is 18.9. The zero-order valence-electron chi connectivity index (χ0n) is 13.8. The zero-order valence-corrected chi connectivity index (χ0v) is 13.8. The minimum absolute atomic E-state index is 0.689. The Morgan fingerprint density at radius 1 is 0.842 bits per heavy atom. The Labute approximate surface area is 121 Å². The molecule has 0 amide bonds. The molecule has 1 aliphatic carbocycles. The normalized spacial score (nSPS) is 18.5. The summed E-state index contributed by atoms with van der Waals surface area (Å²) in [4.78, 5) is 0. The second kappa shape index (κ2) is 9.80. The van der Waals surface area contributed by atoms with Crippen molar-refractivity contribution in [3.05, 3.63) is 0 Å². The molecule has 0 saturated heterocycles. The molecule has 1 unspecified atom stereocenters. The third-order valence-electron chi connectivity index (χ3n) is 5.27. The summed E-state index contributed by atoms with van der Waals surface area (Å²) in [5.74, 6) is 0. The van der Waals surface area contributed by atoms with Crippen LogP contribution in [0, 0.1) is 5.41 Å². The lowest BCUT2D eigenvalue weighted by Crippen LogP contribution is -2.31. The smallest absolute Gasteiger partial charge is 0.00921 e. The highest BCUT2D eigenvalue weighted by molar-refractivity contribution is 4.99. The van der Waals surface area contributed by atoms with Gasteiger partial charge in [0.05, 0.1) is 0 Å². The molecule has 1 nitrogen and oxygen atoms in total. The molecule has 1 fully saturated rings. The third kappa shape index (κ3) is 6.79. The molecule has 0 aliphatic heterocycles. The molecule has 1 atom stereocenters. The molecule has 1 N–H and O–H groups in total. The lowest BCUT2D eigenvalue weighted by molar-refractivity contribution is 0.333. The van der Waals surface area contributed by atoms with Gasteiger partial charge in [0, 0.05) is 6.04 Å². The second-order valence-corrected chi connectivity index (χ2v) is 6.80. The van der Waals surface area contributed by atoms with E-state index in [1.807, 2.05) is 0 Å². The van der Waals surface area contributed by atoms with Crippen LogP contribution in [-0.4, -0.2) is 13.1 Å². The highest BCUT2D eigenvalue weighted by Crippen LogP contribution is 2.52. The highest BCUT2D eigenvalue weighted by Gasteiger charge is 2.45. The molecule has 19 heavy (non-hydrogen) atoms. The first-order valence-electron chi connectivity index (χ1n) is 8.92. The van der Waals surface area contributed by atoms with Crippen LogP contribution in [-0.2, 0) is 0 Å². The topological polar surface area (TPSA) is 12.0 Å². The zero-order chi connectivity index (χ0) is 14.0. The highest BCUT2D eigenvalue weighted by atomic mass is 14.9. The van der Waals surface area contributed by atoms with E-state index in [4.69, 9.17) is 0 Å². The molecule has 1 saturated carbocycles. The molecule has 0 radical (unpaired) electrons. The molecule has 0 bridgehead atoms. The maximum Gasteiger partial charge on any atom is 0.00921 e. The minimum Gasteiger partial charge on any atom is -0.317 e. The summed E-state index contributed by atoms with van der Waals surface area (Å²) in [6.45, 7) is 4.66. The van der Waals surface area contributed by atoms with Crippen molar-refractivity contribution in [2.24, 2.45) is 5.41 Å². The van der Waals surface area contributed by atoms with Crippen LogP contribution in [0.5, 0.6) is 0 Å². The van der Waals surface area contributed by atoms with Crippen LogP contribution in [0.15, 0.2) is 0 Å². The Kier molecular flexibility index (Phi) is 8.77. The van der Waals surface area contributed by atoms with Crippen LogP contribution in [0.2, 0.25) is 0 Å². The fourth-order valence-corrected chi connectivity index (χ4v) is 3.33. The summed E-state index contributed by atoms with van der Waals surface area (Å²) in [6, 6.07) is 0.728. The van der Waals surface area contributed by atoms with E-state index in [0.29, 0.717) is 5.41 Å². The van der Waals surface area contributed by atoms with Crippen LogP contribution in [0.25, 0.3) is 0 Å². The summed E-state index contributed by atoms with van der Waals surface area (Å²) in [7, 11) is 2.11. The van der Waals surface area contributed by atoms with Crippen molar-refractivity contribution in [2.75, 3.05) is 7.05 Å². The molecule has 0 aromatic heterocycles. The summed E-state index contributed by atoms with van der Waals surface area (Å²) >= 11 is 0. The van der Waals surface area contributed by atoms with Crippen molar-refractivity contribution < 1.29 is 0 Å². The Morgan fingerprint density at radius 3 is 1.74 bits per heavy atom. The van der Waals surface area contributed by atoms with E-state index in [-0.39, 0.29) is 0 Å². The maximum atomic E-state index is 3.45. The van der Waals surface area contributed by atoms with Crippen LogP contribution in [0.4, 0.5) is 0 Å². The second-order valence-electron chi connectivity index (χ2n) is 6.80. The van der Waals surface area contributed by atoms with Crippen LogP contribution >= 0.6 is 0 Å². The molecule has 1 heteroatoms. The molecule has 0 aromatic carbocycles. The van der Waals surface area contributed by atoms with E-state index >= 15 is 0 Å². The Bertz CT molecular complexity index is 208. The SMILES string of the molecule is CCCCCCCCCCCCC1(C(C)NC)CC1. The Hall–Kier alpha value is -0.0400. The first-order valence-corrected chi connectivity index (χ1v) is 8.92. The number of hydrogen-bond acceptors (Lipinski definition) is 1. The van der Waals surface area contributed by atoms with Crippen molar-refractivity contribution in [1.29, 1.82) is 0 Å². The molecule has 0 aromatic rings. The van der Waals surface area contributed by atoms with Gasteiger partial charge in [0.1, 0.15) is 0 Å². The fraction of sp³-hybridized carbons (Fsp3) is 1.00. The van der Waals surface area contributed by atoms with E-state index in [0.717, 1.165) is 6.04 Å². The van der Waals surface area contributed by atoms with Gasteiger partial charge in [0.25, 0.3) is 0 Å². The Balaban J connectivity index is 1.84. The first kappa shape index (κ1) is 17.0. The Morgan fingerprint density at radius 2 is 1.32 bits per heavy atom. The average Bonchev–Trinajstić information content (AvgIpc) is 3.21. The molecule has 1 aliphatic rings. The van der Waals surface area contributed by atoms with E-state index in [2.05, 4.69) is 26.2 Å². The molecule has 114 valence electrons. The van der Waals surface area contributed by atoms with Gasteiger partial charge in [-0.15, -0.1) is 0 Å². The number of hydrogen-bond donors (Lipinski definition) is 1. The van der Waals surface area contributed by atoms with Gasteiger partial charge in [0.2, 0.25) is 0 Å². The number of rotatable bonds is 13. The van der Waals surface area contributed by atoms with Crippen molar-refractivity contribution in [3.63, 3.8) is 0 Å². The third-order valence-corrected chi connectivity index (χ3v) is 5.27. The van der Waals surface area contributed by atoms with Gasteiger partial charge in [-0.05, 0) is 38.6 Å². The van der Waals surface area contributed by atoms with E-state index in [9.17, 15) is 0 Å². The van der Waals surface area contributed by atoms with Gasteiger partial charge >= 0.3 is 0 Å². The average molecular weight is 268 g/mol. The predicted octanol–water partition coefficient (Wildman–Crippen LogP) is 5.69. The van der Waals surface area contributed by atoms with Gasteiger partial charge in [-0.3, -0.25) is 0 Å². The monoisotopic (exact) mass is 267 g/mol. The van der Waals surface area contributed by atoms with Gasteiger partial charge < -0.3 is 5.32 Å². The molecule has 0 heterocycles. The predicted molar refractivity (Wildman–Crippen MR) is 86.6 cm³/mol. The molecular formula is C18H37N. The van der Waals surface area contributed by atoms with Gasteiger partial charge in [-0.25, -0.2) is 0 Å². The molecular weight excluding hydrogens is 230 g/mol. The maximum absolute atomic E-state index is 3.45. The van der Waals surface area contributed by atoms with E-state index in [1.165, 1.54) is 83.5 Å². The van der Waals surface area contributed by atoms with E-state index in [1.54, 1.807) is 0 Å². The number of nitrogens with one attached hydrogen (secondary N) is 1. The van der Waals surface area contributed by atoms with Crippen LogP contribution < -0.4 is 5.32 Å². The van der Waals surface area contributed by atoms with Crippen molar-refractivity contribution in [1.82, 2.24) is 5.32 Å². The lowest BCUT2D eigenvalue weighted by atomic mass is 9.91. The molecule has 1 rings (SSSR count). The molecule has 0 spiro atoms. The van der Waals surface area contributed by atoms with Crippen LogP contribution in [0.1, 0.15) is 97.3 Å². The first-order chi connectivity index (χ1) is 9.25. The van der Waals surface area contributed by atoms with Gasteiger partial charge in [-0.2, -0.15) is 0 Å². The number of unbranched alkanes of at least 4 members (excludes halogenated alkanes) is 9. The quantitative estimate of drug-likeness (QED) is 0.423. The summed E-state index contributed by atoms with van der Waals surface area (Å²) < 4.78 is 0.